The SMILES string of the molecule is C=CCC1CCN(C(=C)CNc2cc(C3(C)CC3)c(Cl)cc2C)CC1C. The molecule has 2 fully saturated rings. The fourth-order valence-electron chi connectivity index (χ4n) is 4.14. The Morgan fingerprint density at radius 2 is 2.15 bits per heavy atom. The quantitative estimate of drug-likeness (QED) is 0.576. The van der Waals surface area contributed by atoms with E-state index in [-0.39, 0.29) is 5.41 Å². The van der Waals surface area contributed by atoms with Gasteiger partial charge in [0.2, 0.25) is 0 Å². The van der Waals surface area contributed by atoms with Gasteiger partial charge >= 0.3 is 0 Å². The predicted molar refractivity (Wildman–Crippen MR) is 114 cm³/mol. The Kier molecular flexibility index (Phi) is 5.72. The molecule has 3 rings (SSSR count). The maximum absolute atomic E-state index is 6.51. The van der Waals surface area contributed by atoms with E-state index in [0.717, 1.165) is 37.0 Å². The number of piperidine rings is 1. The van der Waals surface area contributed by atoms with Crippen LogP contribution < -0.4 is 5.32 Å². The lowest BCUT2D eigenvalue weighted by Crippen LogP contribution is -2.39. The highest BCUT2D eigenvalue weighted by Gasteiger charge is 2.40. The van der Waals surface area contributed by atoms with E-state index in [9.17, 15) is 0 Å². The lowest BCUT2D eigenvalue weighted by Gasteiger charge is -2.39. The summed E-state index contributed by atoms with van der Waals surface area (Å²) in [5.74, 6) is 1.46. The summed E-state index contributed by atoms with van der Waals surface area (Å²) in [7, 11) is 0. The number of aryl methyl sites for hydroxylation is 1. The van der Waals surface area contributed by atoms with Gasteiger partial charge < -0.3 is 10.2 Å². The molecule has 2 nitrogen and oxygen atoms in total. The molecule has 0 amide bonds. The Labute approximate surface area is 164 Å². The molecule has 2 unspecified atom stereocenters. The van der Waals surface area contributed by atoms with Crippen molar-refractivity contribution in [1.82, 2.24) is 4.90 Å². The van der Waals surface area contributed by atoms with Gasteiger partial charge in [0.05, 0.1) is 6.54 Å². The van der Waals surface area contributed by atoms with Crippen LogP contribution in [0.2, 0.25) is 5.02 Å². The van der Waals surface area contributed by atoms with E-state index in [0.29, 0.717) is 5.92 Å². The minimum atomic E-state index is 0.278. The van der Waals surface area contributed by atoms with Crippen molar-refractivity contribution in [2.75, 3.05) is 25.0 Å². The number of rotatable bonds is 7. The van der Waals surface area contributed by atoms with Crippen LogP contribution in [-0.4, -0.2) is 24.5 Å². The summed E-state index contributed by atoms with van der Waals surface area (Å²) in [6, 6.07) is 4.37. The highest BCUT2D eigenvalue weighted by molar-refractivity contribution is 6.31. The number of nitrogens with zero attached hydrogens (tertiary/aromatic N) is 1. The van der Waals surface area contributed by atoms with Crippen LogP contribution in [0, 0.1) is 18.8 Å². The zero-order valence-electron chi connectivity index (χ0n) is 16.6. The third-order valence-electron chi connectivity index (χ3n) is 6.45. The van der Waals surface area contributed by atoms with E-state index >= 15 is 0 Å². The predicted octanol–water partition coefficient (Wildman–Crippen LogP) is 6.16. The molecule has 1 aromatic rings. The molecule has 0 aromatic heterocycles. The molecule has 1 N–H and O–H groups in total. The highest BCUT2D eigenvalue weighted by Crippen LogP contribution is 2.50. The molecule has 3 heteroatoms. The lowest BCUT2D eigenvalue weighted by atomic mass is 9.84. The number of anilines is 1. The second kappa shape index (κ2) is 7.68. The first-order chi connectivity index (χ1) is 12.3. The summed E-state index contributed by atoms with van der Waals surface area (Å²) < 4.78 is 0. The van der Waals surface area contributed by atoms with Gasteiger partial charge in [-0.1, -0.05) is 38.1 Å². The van der Waals surface area contributed by atoms with Crippen LogP contribution >= 0.6 is 11.6 Å². The van der Waals surface area contributed by atoms with E-state index in [1.165, 1.54) is 41.8 Å². The van der Waals surface area contributed by atoms with Crippen molar-refractivity contribution >= 4 is 17.3 Å². The van der Waals surface area contributed by atoms with E-state index in [1.54, 1.807) is 0 Å². The largest absolute Gasteiger partial charge is 0.379 e. The van der Waals surface area contributed by atoms with Gasteiger partial charge in [0.25, 0.3) is 0 Å². The van der Waals surface area contributed by atoms with Crippen LogP contribution in [0.1, 0.15) is 50.7 Å². The number of nitrogens with one attached hydrogen (secondary N) is 1. The first-order valence-corrected chi connectivity index (χ1v) is 10.3. The zero-order valence-corrected chi connectivity index (χ0v) is 17.3. The molecule has 142 valence electrons. The van der Waals surface area contributed by atoms with Crippen LogP contribution in [0.3, 0.4) is 0 Å². The maximum atomic E-state index is 6.51. The van der Waals surface area contributed by atoms with E-state index < -0.39 is 0 Å². The maximum Gasteiger partial charge on any atom is 0.0544 e. The topological polar surface area (TPSA) is 15.3 Å². The Balaban J connectivity index is 1.61. The summed E-state index contributed by atoms with van der Waals surface area (Å²) in [5.41, 5.74) is 5.14. The molecule has 1 aliphatic carbocycles. The van der Waals surface area contributed by atoms with Gasteiger partial charge in [-0.2, -0.15) is 0 Å². The third kappa shape index (κ3) is 4.11. The van der Waals surface area contributed by atoms with Gasteiger partial charge in [-0.15, -0.1) is 6.58 Å². The van der Waals surface area contributed by atoms with Crippen molar-refractivity contribution in [2.24, 2.45) is 11.8 Å². The van der Waals surface area contributed by atoms with Gasteiger partial charge in [0, 0.05) is 29.5 Å². The molecule has 1 heterocycles. The van der Waals surface area contributed by atoms with Crippen LogP contribution in [0.25, 0.3) is 0 Å². The van der Waals surface area contributed by atoms with Crippen LogP contribution in [0.5, 0.6) is 0 Å². The molecule has 1 saturated carbocycles. The van der Waals surface area contributed by atoms with Crippen molar-refractivity contribution in [2.45, 2.75) is 51.9 Å². The molecule has 2 atom stereocenters. The zero-order chi connectivity index (χ0) is 18.9. The van der Waals surface area contributed by atoms with E-state index in [1.807, 2.05) is 0 Å². The average molecular weight is 373 g/mol. The Bertz CT molecular complexity index is 690. The first-order valence-electron chi connectivity index (χ1n) is 9.92. The fourth-order valence-corrected chi connectivity index (χ4v) is 4.58. The van der Waals surface area contributed by atoms with Crippen molar-refractivity contribution in [3.8, 4) is 0 Å². The van der Waals surface area contributed by atoms with Crippen LogP contribution in [0.15, 0.2) is 37.1 Å². The second-order valence-electron chi connectivity index (χ2n) is 8.62. The number of benzene rings is 1. The van der Waals surface area contributed by atoms with Gasteiger partial charge in [-0.05, 0) is 73.1 Å². The number of hydrogen-bond donors (Lipinski definition) is 1. The second-order valence-corrected chi connectivity index (χ2v) is 9.03. The smallest absolute Gasteiger partial charge is 0.0544 e. The molecule has 1 saturated heterocycles. The normalized spacial score (nSPS) is 24.2. The minimum Gasteiger partial charge on any atom is -0.379 e. The summed E-state index contributed by atoms with van der Waals surface area (Å²) in [6.45, 7) is 18.0. The third-order valence-corrected chi connectivity index (χ3v) is 6.76. The van der Waals surface area contributed by atoms with Crippen LogP contribution in [0.4, 0.5) is 5.69 Å². The summed E-state index contributed by atoms with van der Waals surface area (Å²) in [5, 5.41) is 4.52. The molecule has 0 spiro atoms. The summed E-state index contributed by atoms with van der Waals surface area (Å²) in [6.07, 6.45) is 6.90. The van der Waals surface area contributed by atoms with Crippen LogP contribution in [-0.2, 0) is 5.41 Å². The van der Waals surface area contributed by atoms with Gasteiger partial charge in [-0.25, -0.2) is 0 Å². The minimum absolute atomic E-state index is 0.278. The van der Waals surface area contributed by atoms with Gasteiger partial charge in [0.15, 0.2) is 0 Å². The molecule has 26 heavy (non-hydrogen) atoms. The molecule has 0 bridgehead atoms. The highest BCUT2D eigenvalue weighted by atomic mass is 35.5. The fraction of sp³-hybridized carbons (Fsp3) is 0.565. The van der Waals surface area contributed by atoms with Crippen molar-refractivity contribution in [1.29, 1.82) is 0 Å². The molecule has 1 aromatic carbocycles. The molecule has 0 radical (unpaired) electrons. The number of likely N-dealkylation sites (tertiary alicyclic amines) is 1. The van der Waals surface area contributed by atoms with E-state index in [4.69, 9.17) is 11.6 Å². The Hall–Kier alpha value is -1.41. The van der Waals surface area contributed by atoms with Crippen molar-refractivity contribution in [3.63, 3.8) is 0 Å². The standard InChI is InChI=1S/C23H33ClN2/c1-6-7-19-8-11-26(15-17(19)3)18(4)14-25-22-13-20(23(5)9-10-23)21(24)12-16(22)2/h6,12-13,17,19,25H,1,4,7-11,14-15H2,2-3,5H3. The summed E-state index contributed by atoms with van der Waals surface area (Å²) in [4.78, 5) is 2.45. The van der Waals surface area contributed by atoms with Gasteiger partial charge in [-0.3, -0.25) is 0 Å². The van der Waals surface area contributed by atoms with Crippen molar-refractivity contribution in [3.05, 3.63) is 53.2 Å². The molecular formula is C23H33ClN2. The van der Waals surface area contributed by atoms with E-state index in [2.05, 4.69) is 62.4 Å². The Morgan fingerprint density at radius 3 is 2.77 bits per heavy atom. The summed E-state index contributed by atoms with van der Waals surface area (Å²) >= 11 is 6.51. The Morgan fingerprint density at radius 1 is 1.42 bits per heavy atom. The first kappa shape index (κ1) is 19.4. The molecule has 2 aliphatic rings. The molecular weight excluding hydrogens is 340 g/mol. The monoisotopic (exact) mass is 372 g/mol. The number of allylic oxidation sites excluding steroid dienone is 1. The number of hydrogen-bond acceptors (Lipinski definition) is 2. The van der Waals surface area contributed by atoms with Crippen molar-refractivity contribution < 1.29 is 0 Å². The van der Waals surface area contributed by atoms with Gasteiger partial charge in [0.1, 0.15) is 0 Å². The number of halogens is 1. The lowest BCUT2D eigenvalue weighted by molar-refractivity contribution is 0.162. The molecule has 1 aliphatic heterocycles. The average Bonchev–Trinajstić information content (AvgIpc) is 3.34.